The molecule has 0 aromatic rings. The van der Waals surface area contributed by atoms with E-state index in [1.54, 1.807) is 0 Å². The van der Waals surface area contributed by atoms with Crippen LogP contribution in [0.3, 0.4) is 0 Å². The summed E-state index contributed by atoms with van der Waals surface area (Å²) in [6.07, 6.45) is 0. The molecule has 46 valence electrons. The van der Waals surface area contributed by atoms with E-state index in [0.717, 1.165) is 6.92 Å². The first kappa shape index (κ1) is 4.88. The van der Waals surface area contributed by atoms with Gasteiger partial charge in [-0.05, 0) is 0 Å². The van der Waals surface area contributed by atoms with Gasteiger partial charge in [0.1, 0.15) is 5.97 Å². The third-order valence-electron chi connectivity index (χ3n) is 0.526. The Morgan fingerprint density at radius 3 is 2.33 bits per heavy atom. The Hall–Kier alpha value is 0.140. The molecule has 0 saturated heterocycles. The molecule has 9 heavy (non-hydrogen) atoms. The zero-order valence-corrected chi connectivity index (χ0v) is 7.22. The van der Waals surface area contributed by atoms with Crippen molar-refractivity contribution in [2.24, 2.45) is 5.89 Å². The van der Waals surface area contributed by atoms with Crippen molar-refractivity contribution in [1.82, 2.24) is 0 Å². The van der Waals surface area contributed by atoms with Gasteiger partial charge in [0.2, 0.25) is 0 Å². The number of Topliss-reactive ketones (excluding diaryl/α,β-unsaturated/α-hetero) is 1. The van der Waals surface area contributed by atoms with E-state index in [0.29, 0.717) is 0 Å². The summed E-state index contributed by atoms with van der Waals surface area (Å²) in [6.45, 7) is -2.23. The van der Waals surface area contributed by atoms with Gasteiger partial charge < -0.3 is 9.90 Å². The van der Waals surface area contributed by atoms with Crippen LogP contribution < -0.4 is 34.7 Å². The number of ketones is 1. The maximum Gasteiger partial charge on any atom is 1.00 e. The number of aliphatic carboxylic acids is 1. The van der Waals surface area contributed by atoms with Crippen LogP contribution in [0.25, 0.3) is 0 Å². The fourth-order valence-electron chi connectivity index (χ4n) is 0.153. The molecule has 0 bridgehead atoms. The molecule has 0 radical (unpaired) electrons. The predicted octanol–water partition coefficient (Wildman–Crippen LogP) is -4.03. The molecule has 0 spiro atoms. The zero-order valence-electron chi connectivity index (χ0n) is 9.22. The summed E-state index contributed by atoms with van der Waals surface area (Å²) < 4.78 is 27.1. The van der Waals surface area contributed by atoms with E-state index in [9.17, 15) is 14.7 Å². The summed E-state index contributed by atoms with van der Waals surface area (Å²) in [7, 11) is 0. The van der Waals surface area contributed by atoms with Crippen molar-refractivity contribution in [1.29, 1.82) is 0 Å². The standard InChI is InChI=1S/C5H8O3.Na/c1-3(2)4(6)5(7)8;/h3H,1-2H3,(H,7,8);/q;+1/p-1/i1D3,2+1,3D;. The largest absolute Gasteiger partial charge is 1.00 e. The average molecular weight is 143 g/mol. The van der Waals surface area contributed by atoms with Crippen LogP contribution in [0, 0.1) is 5.89 Å². The summed E-state index contributed by atoms with van der Waals surface area (Å²) in [5, 5.41) is 9.96. The molecule has 1 atom stereocenters. The molecule has 0 aromatic carbocycles. The van der Waals surface area contributed by atoms with Gasteiger partial charge in [0.05, 0.1) is 0 Å². The van der Waals surface area contributed by atoms with Gasteiger partial charge in [-0.1, -0.05) is 13.8 Å². The van der Waals surface area contributed by atoms with Crippen molar-refractivity contribution < 1.29 is 49.7 Å². The third kappa shape index (κ3) is 4.63. The molecule has 0 aliphatic rings. The van der Waals surface area contributed by atoms with Crippen LogP contribution in [0.1, 0.15) is 19.3 Å². The van der Waals surface area contributed by atoms with Crippen LogP contribution in [0.15, 0.2) is 0 Å². The molecule has 0 heterocycles. The number of carboxylic acid groups (broad SMARTS) is 1. The van der Waals surface area contributed by atoms with E-state index in [4.69, 9.17) is 5.48 Å². The first-order valence-electron chi connectivity index (χ1n) is 3.86. The normalized spacial score (nSPS) is 22.8. The molecule has 0 aliphatic carbocycles. The molecule has 1 unspecified atom stereocenters. The van der Waals surface area contributed by atoms with Gasteiger partial charge in [-0.2, -0.15) is 0 Å². The summed E-state index contributed by atoms with van der Waals surface area (Å²) in [5.74, 6) is -6.52. The summed E-state index contributed by atoms with van der Waals surface area (Å²) in [6, 6.07) is 0. The van der Waals surface area contributed by atoms with Crippen LogP contribution in [-0.2, 0) is 9.59 Å². The molecule has 3 nitrogen and oxygen atoms in total. The maximum atomic E-state index is 10.6. The maximum absolute atomic E-state index is 10.6. The molecule has 0 saturated carbocycles. The van der Waals surface area contributed by atoms with Gasteiger partial charge in [-0.3, -0.25) is 4.79 Å². The number of hydrogen-bond acceptors (Lipinski definition) is 3. The number of carboxylic acids is 1. The van der Waals surface area contributed by atoms with Crippen LogP contribution >= 0.6 is 0 Å². The minimum absolute atomic E-state index is 0. The minimum atomic E-state index is -2.95. The van der Waals surface area contributed by atoms with Gasteiger partial charge in [0.25, 0.3) is 0 Å². The second-order valence-electron chi connectivity index (χ2n) is 1.24. The molecule has 0 aromatic heterocycles. The zero-order chi connectivity index (χ0) is 10.2. The van der Waals surface area contributed by atoms with Crippen LogP contribution in [-0.4, -0.2) is 11.8 Å². The second kappa shape index (κ2) is 4.97. The van der Waals surface area contributed by atoms with Gasteiger partial charge in [-0.15, -0.1) is 0 Å². The van der Waals surface area contributed by atoms with Crippen molar-refractivity contribution in [2.45, 2.75) is 13.8 Å². The smallest absolute Gasteiger partial charge is 0.542 e. The Bertz CT molecular complexity index is 222. The molecule has 0 rings (SSSR count). The SMILES string of the molecule is [2H]C([2H])([2H])C([2H])([13CH3])C(=O)C(=O)[O-].[Na+]. The van der Waals surface area contributed by atoms with Gasteiger partial charge in [0.15, 0.2) is 5.78 Å². The Morgan fingerprint density at radius 2 is 2.22 bits per heavy atom. The van der Waals surface area contributed by atoms with Crippen LogP contribution in [0.5, 0.6) is 0 Å². The fraction of sp³-hybridized carbons (Fsp3) is 0.600. The Morgan fingerprint density at radius 1 is 1.78 bits per heavy atom. The quantitative estimate of drug-likeness (QED) is 0.225. The fourth-order valence-corrected chi connectivity index (χ4v) is 0.153. The number of carbonyl (C=O) groups excluding carboxylic acids is 2. The van der Waals surface area contributed by atoms with Gasteiger partial charge in [0, 0.05) is 11.4 Å². The molecule has 0 amide bonds. The predicted molar refractivity (Wildman–Crippen MR) is 24.9 cm³/mol. The van der Waals surface area contributed by atoms with Gasteiger partial charge >= 0.3 is 29.6 Å². The van der Waals surface area contributed by atoms with Crippen LogP contribution in [0.4, 0.5) is 0 Å². The summed E-state index contributed by atoms with van der Waals surface area (Å²) in [5.41, 5.74) is 0. The molecule has 0 fully saturated rings. The minimum Gasteiger partial charge on any atom is -0.542 e. The summed E-state index contributed by atoms with van der Waals surface area (Å²) >= 11 is 0. The number of hydrogen-bond donors (Lipinski definition) is 0. The Labute approximate surface area is 81.3 Å². The third-order valence-corrected chi connectivity index (χ3v) is 0.526. The van der Waals surface area contributed by atoms with E-state index < -0.39 is 24.5 Å². The van der Waals surface area contributed by atoms with Gasteiger partial charge in [-0.25, -0.2) is 0 Å². The van der Waals surface area contributed by atoms with E-state index in [2.05, 4.69) is 0 Å². The van der Waals surface area contributed by atoms with E-state index in [1.807, 2.05) is 0 Å². The average Bonchev–Trinajstić information content (AvgIpc) is 1.83. The van der Waals surface area contributed by atoms with Crippen molar-refractivity contribution in [3.63, 3.8) is 0 Å². The van der Waals surface area contributed by atoms with Crippen molar-refractivity contribution in [3.8, 4) is 0 Å². The molecule has 0 N–H and O–H groups in total. The first-order chi connectivity index (χ1) is 5.10. The first-order valence-corrected chi connectivity index (χ1v) is 1.86. The van der Waals surface area contributed by atoms with Crippen LogP contribution in [0.2, 0.25) is 0 Å². The Kier molecular flexibility index (Phi) is 2.69. The topological polar surface area (TPSA) is 57.2 Å². The number of rotatable bonds is 2. The van der Waals surface area contributed by atoms with Crippen molar-refractivity contribution in [2.75, 3.05) is 0 Å². The second-order valence-corrected chi connectivity index (χ2v) is 1.24. The Balaban J connectivity index is 0. The molecular weight excluding hydrogens is 132 g/mol. The monoisotopic (exact) mass is 143 g/mol. The van der Waals surface area contributed by atoms with E-state index in [1.165, 1.54) is 0 Å². The van der Waals surface area contributed by atoms with E-state index >= 15 is 0 Å². The number of carbonyl (C=O) groups is 2. The molecular formula is C5H7NaO3. The summed E-state index contributed by atoms with van der Waals surface area (Å²) in [4.78, 5) is 20.6. The van der Waals surface area contributed by atoms with Crippen molar-refractivity contribution >= 4 is 11.8 Å². The molecule has 0 aliphatic heterocycles. The molecule has 4 heteroatoms. The van der Waals surface area contributed by atoms with E-state index in [-0.39, 0.29) is 29.6 Å². The van der Waals surface area contributed by atoms with Crippen molar-refractivity contribution in [3.05, 3.63) is 0 Å².